The molecule has 4 rings (SSSR count). The smallest absolute Gasteiger partial charge is 0.223 e. The van der Waals surface area contributed by atoms with E-state index in [9.17, 15) is 0 Å². The lowest BCUT2D eigenvalue weighted by atomic mass is 10.1. The van der Waals surface area contributed by atoms with E-state index in [1.54, 1.807) is 10.9 Å². The molecule has 1 aromatic carbocycles. The molecular weight excluding hydrogens is 383 g/mol. The number of rotatable bonds is 3. The van der Waals surface area contributed by atoms with Crippen molar-refractivity contribution in [2.45, 2.75) is 20.4 Å². The number of pyridine rings is 1. The maximum Gasteiger partial charge on any atom is 0.223 e. The van der Waals surface area contributed by atoms with Gasteiger partial charge in [-0.2, -0.15) is 10.1 Å². The van der Waals surface area contributed by atoms with E-state index >= 15 is 0 Å². The number of aromatic nitrogens is 5. The molecule has 8 heteroatoms. The lowest BCUT2D eigenvalue weighted by molar-refractivity contribution is 0.687. The zero-order valence-electron chi connectivity index (χ0n) is 14.7. The molecular formula is C19H16Cl2N6. The number of hydrogen-bond donors (Lipinski definition) is 1. The van der Waals surface area contributed by atoms with Crippen LogP contribution in [-0.4, -0.2) is 24.7 Å². The van der Waals surface area contributed by atoms with Gasteiger partial charge in [-0.1, -0.05) is 53.5 Å². The summed E-state index contributed by atoms with van der Waals surface area (Å²) in [5, 5.41) is 6.37. The van der Waals surface area contributed by atoms with Crippen molar-refractivity contribution in [1.82, 2.24) is 24.7 Å². The van der Waals surface area contributed by atoms with Gasteiger partial charge in [-0.15, -0.1) is 0 Å². The number of fused-ring (bicyclic) bond motifs is 1. The van der Waals surface area contributed by atoms with Crippen molar-refractivity contribution in [2.24, 2.45) is 0 Å². The largest absolute Gasteiger partial charge is 0.368 e. The number of nitrogens with zero attached hydrogens (tertiary/aromatic N) is 5. The summed E-state index contributed by atoms with van der Waals surface area (Å²) in [6.45, 7) is 4.26. The molecule has 6 nitrogen and oxygen atoms in total. The Labute approximate surface area is 166 Å². The van der Waals surface area contributed by atoms with Crippen LogP contribution in [0.5, 0.6) is 0 Å². The molecule has 0 unspecified atom stereocenters. The summed E-state index contributed by atoms with van der Waals surface area (Å²) in [6, 6.07) is 9.76. The van der Waals surface area contributed by atoms with Crippen LogP contribution in [0.1, 0.15) is 16.8 Å². The highest BCUT2D eigenvalue weighted by Gasteiger charge is 2.20. The summed E-state index contributed by atoms with van der Waals surface area (Å²) >= 11 is 12.8. The van der Waals surface area contributed by atoms with Gasteiger partial charge < -0.3 is 5.73 Å². The second-order valence-electron chi connectivity index (χ2n) is 6.27. The molecule has 27 heavy (non-hydrogen) atoms. The van der Waals surface area contributed by atoms with Crippen molar-refractivity contribution in [2.75, 3.05) is 5.73 Å². The number of nitrogens with two attached hydrogens (primary N) is 1. The van der Waals surface area contributed by atoms with Crippen molar-refractivity contribution >= 4 is 40.2 Å². The van der Waals surface area contributed by atoms with E-state index in [2.05, 4.69) is 15.0 Å². The molecule has 0 bridgehead atoms. The number of benzene rings is 1. The van der Waals surface area contributed by atoms with Crippen LogP contribution in [0.3, 0.4) is 0 Å². The Morgan fingerprint density at radius 3 is 2.56 bits per heavy atom. The molecule has 136 valence electrons. The molecule has 0 spiro atoms. The van der Waals surface area contributed by atoms with Crippen LogP contribution >= 0.6 is 23.2 Å². The summed E-state index contributed by atoms with van der Waals surface area (Å²) in [6.07, 6.45) is 1.75. The zero-order valence-corrected chi connectivity index (χ0v) is 16.3. The van der Waals surface area contributed by atoms with Crippen molar-refractivity contribution in [1.29, 1.82) is 0 Å². The topological polar surface area (TPSA) is 82.5 Å². The van der Waals surface area contributed by atoms with E-state index in [-0.39, 0.29) is 11.1 Å². The molecule has 0 saturated carbocycles. The summed E-state index contributed by atoms with van der Waals surface area (Å²) < 4.78 is 1.74. The molecule has 0 fully saturated rings. The first-order valence-corrected chi connectivity index (χ1v) is 9.07. The molecule has 0 atom stereocenters. The third-order valence-electron chi connectivity index (χ3n) is 4.43. The van der Waals surface area contributed by atoms with Crippen LogP contribution in [0.25, 0.3) is 22.3 Å². The Hall–Kier alpha value is -2.70. The normalized spacial score (nSPS) is 11.3. The molecule has 4 aromatic rings. The van der Waals surface area contributed by atoms with Crippen LogP contribution in [0, 0.1) is 13.8 Å². The standard InChI is InChI=1S/C19H16Cl2N6/c1-10-8-23-13(11(2)15(10)20)9-27-18-14(17(21)24-19(22)25-18)16(26-27)12-6-4-3-5-7-12/h3-8H,9H2,1-2H3,(H2,22,24,25). The summed E-state index contributed by atoms with van der Waals surface area (Å²) in [7, 11) is 0. The summed E-state index contributed by atoms with van der Waals surface area (Å²) in [5.74, 6) is 0.0971. The first-order valence-electron chi connectivity index (χ1n) is 8.31. The fourth-order valence-corrected chi connectivity index (χ4v) is 3.43. The van der Waals surface area contributed by atoms with Crippen molar-refractivity contribution < 1.29 is 0 Å². The molecule has 0 amide bonds. The zero-order chi connectivity index (χ0) is 19.1. The van der Waals surface area contributed by atoms with Crippen LogP contribution in [0.15, 0.2) is 36.5 Å². The summed E-state index contributed by atoms with van der Waals surface area (Å²) in [4.78, 5) is 13.0. The molecule has 0 aliphatic carbocycles. The number of halogens is 2. The van der Waals surface area contributed by atoms with Crippen LogP contribution in [-0.2, 0) is 6.54 Å². The van der Waals surface area contributed by atoms with Crippen molar-refractivity contribution in [3.8, 4) is 11.3 Å². The van der Waals surface area contributed by atoms with Gasteiger partial charge in [0.1, 0.15) is 10.8 Å². The average molecular weight is 399 g/mol. The Kier molecular flexibility index (Phi) is 4.45. The third kappa shape index (κ3) is 3.11. The third-order valence-corrected chi connectivity index (χ3v) is 5.29. The average Bonchev–Trinajstić information content (AvgIpc) is 3.01. The maximum absolute atomic E-state index is 6.39. The van der Waals surface area contributed by atoms with Crippen molar-refractivity contribution in [3.63, 3.8) is 0 Å². The molecule has 3 aromatic heterocycles. The number of aryl methyl sites for hydroxylation is 1. The molecule has 3 heterocycles. The van der Waals surface area contributed by atoms with Gasteiger partial charge in [0.2, 0.25) is 5.95 Å². The van der Waals surface area contributed by atoms with E-state index in [1.165, 1.54) is 0 Å². The minimum atomic E-state index is 0.0971. The van der Waals surface area contributed by atoms with Crippen LogP contribution < -0.4 is 5.73 Å². The second kappa shape index (κ2) is 6.79. The SMILES string of the molecule is Cc1cnc(Cn2nc(-c3ccccc3)c3c(Cl)nc(N)nc32)c(C)c1Cl. The lowest BCUT2D eigenvalue weighted by Gasteiger charge is -2.09. The molecule has 0 saturated heterocycles. The van der Waals surface area contributed by atoms with E-state index in [0.29, 0.717) is 28.3 Å². The van der Waals surface area contributed by atoms with Crippen molar-refractivity contribution in [3.05, 3.63) is 63.5 Å². The van der Waals surface area contributed by atoms with Gasteiger partial charge in [-0.25, -0.2) is 9.67 Å². The Bertz CT molecular complexity index is 1150. The Balaban J connectivity index is 1.93. The van der Waals surface area contributed by atoms with Gasteiger partial charge >= 0.3 is 0 Å². The predicted octanol–water partition coefficient (Wildman–Crippen LogP) is 4.44. The Morgan fingerprint density at radius 1 is 1.07 bits per heavy atom. The fourth-order valence-electron chi connectivity index (χ4n) is 3.01. The first kappa shape index (κ1) is 17.7. The maximum atomic E-state index is 6.39. The van der Waals surface area contributed by atoms with Gasteiger partial charge in [-0.05, 0) is 25.0 Å². The van der Waals surface area contributed by atoms with Gasteiger partial charge in [0.25, 0.3) is 0 Å². The van der Waals surface area contributed by atoms with Gasteiger partial charge in [-0.3, -0.25) is 4.98 Å². The molecule has 0 aliphatic heterocycles. The van der Waals surface area contributed by atoms with E-state index < -0.39 is 0 Å². The predicted molar refractivity (Wildman–Crippen MR) is 108 cm³/mol. The highest BCUT2D eigenvalue weighted by Crippen LogP contribution is 2.32. The minimum absolute atomic E-state index is 0.0971. The van der Waals surface area contributed by atoms with E-state index in [1.807, 2.05) is 44.2 Å². The monoisotopic (exact) mass is 398 g/mol. The number of hydrogen-bond acceptors (Lipinski definition) is 5. The Morgan fingerprint density at radius 2 is 1.81 bits per heavy atom. The van der Waals surface area contributed by atoms with Crippen LogP contribution in [0.2, 0.25) is 10.2 Å². The first-order chi connectivity index (χ1) is 13.0. The minimum Gasteiger partial charge on any atom is -0.368 e. The molecule has 2 N–H and O–H groups in total. The lowest BCUT2D eigenvalue weighted by Crippen LogP contribution is -2.08. The highest BCUT2D eigenvalue weighted by atomic mass is 35.5. The molecule has 0 radical (unpaired) electrons. The van der Waals surface area contributed by atoms with E-state index in [4.69, 9.17) is 34.0 Å². The fraction of sp³-hybridized carbons (Fsp3) is 0.158. The van der Waals surface area contributed by atoms with Gasteiger partial charge in [0, 0.05) is 16.8 Å². The van der Waals surface area contributed by atoms with E-state index in [0.717, 1.165) is 22.4 Å². The number of nitrogen functional groups attached to an aromatic ring is 1. The van der Waals surface area contributed by atoms with Crippen LogP contribution in [0.4, 0.5) is 5.95 Å². The highest BCUT2D eigenvalue weighted by molar-refractivity contribution is 6.35. The second-order valence-corrected chi connectivity index (χ2v) is 7.01. The quantitative estimate of drug-likeness (QED) is 0.515. The summed E-state index contributed by atoms with van der Waals surface area (Å²) in [5.41, 5.74) is 10.7. The number of anilines is 1. The van der Waals surface area contributed by atoms with Gasteiger partial charge in [0.15, 0.2) is 5.65 Å². The van der Waals surface area contributed by atoms with Gasteiger partial charge in [0.05, 0.1) is 17.6 Å². The molecule has 0 aliphatic rings.